The monoisotopic (exact) mass is 374 g/mol. The molecular formula is C16H20F2N2O4S. The minimum absolute atomic E-state index is 0.102. The minimum Gasteiger partial charge on any atom is -0.447 e. The maximum atomic E-state index is 12.1. The van der Waals surface area contributed by atoms with Gasteiger partial charge in [0, 0.05) is 20.6 Å². The Morgan fingerprint density at radius 1 is 1.04 bits per heavy atom. The second-order valence-electron chi connectivity index (χ2n) is 5.70. The van der Waals surface area contributed by atoms with E-state index in [1.54, 1.807) is 18.2 Å². The highest BCUT2D eigenvalue weighted by Crippen LogP contribution is 2.19. The summed E-state index contributed by atoms with van der Waals surface area (Å²) in [4.78, 5) is 1.91. The summed E-state index contributed by atoms with van der Waals surface area (Å²) in [5.41, 5.74) is 0.900. The number of sulfonamides is 1. The van der Waals surface area contributed by atoms with Crippen LogP contribution in [0.1, 0.15) is 11.3 Å². The number of benzene rings is 1. The first kappa shape index (κ1) is 19.4. The number of hydrogen-bond acceptors (Lipinski definition) is 5. The van der Waals surface area contributed by atoms with E-state index in [4.69, 9.17) is 4.42 Å². The van der Waals surface area contributed by atoms with E-state index in [2.05, 4.69) is 4.74 Å². The second-order valence-corrected chi connectivity index (χ2v) is 7.79. The maximum absolute atomic E-state index is 12.1. The van der Waals surface area contributed by atoms with E-state index in [1.807, 2.05) is 11.9 Å². The highest BCUT2D eigenvalue weighted by atomic mass is 32.2. The van der Waals surface area contributed by atoms with E-state index in [-0.39, 0.29) is 10.8 Å². The maximum Gasteiger partial charge on any atom is 0.387 e. The predicted octanol–water partition coefficient (Wildman–Crippen LogP) is 2.76. The van der Waals surface area contributed by atoms with Gasteiger partial charge in [0.2, 0.25) is 5.09 Å². The summed E-state index contributed by atoms with van der Waals surface area (Å²) in [5, 5.41) is -0.102. The van der Waals surface area contributed by atoms with E-state index in [0.717, 1.165) is 9.87 Å². The third-order valence-corrected chi connectivity index (χ3v) is 5.09. The van der Waals surface area contributed by atoms with Crippen LogP contribution in [0, 0.1) is 0 Å². The van der Waals surface area contributed by atoms with Crippen LogP contribution >= 0.6 is 0 Å². The smallest absolute Gasteiger partial charge is 0.387 e. The number of hydrogen-bond donors (Lipinski definition) is 0. The fraction of sp³-hybridized carbons (Fsp3) is 0.375. The lowest BCUT2D eigenvalue weighted by Gasteiger charge is -2.15. The zero-order valence-electron chi connectivity index (χ0n) is 14.1. The van der Waals surface area contributed by atoms with Crippen molar-refractivity contribution in [3.05, 3.63) is 47.7 Å². The Morgan fingerprint density at radius 2 is 1.68 bits per heavy atom. The summed E-state index contributed by atoms with van der Waals surface area (Å²) in [6.45, 7) is -1.91. The van der Waals surface area contributed by atoms with E-state index in [0.29, 0.717) is 18.8 Å². The third-order valence-electron chi connectivity index (χ3n) is 3.40. The van der Waals surface area contributed by atoms with Gasteiger partial charge in [-0.25, -0.2) is 12.7 Å². The average Bonchev–Trinajstić information content (AvgIpc) is 2.97. The summed E-state index contributed by atoms with van der Waals surface area (Å²) in [6, 6.07) is 9.38. The molecule has 0 spiro atoms. The molecule has 1 aromatic heterocycles. The van der Waals surface area contributed by atoms with Gasteiger partial charge in [0.05, 0.1) is 6.54 Å². The minimum atomic E-state index is -3.59. The van der Waals surface area contributed by atoms with Crippen molar-refractivity contribution in [2.24, 2.45) is 0 Å². The van der Waals surface area contributed by atoms with Crippen molar-refractivity contribution < 1.29 is 26.4 Å². The first-order valence-corrected chi connectivity index (χ1v) is 8.86. The molecule has 0 saturated heterocycles. The van der Waals surface area contributed by atoms with Gasteiger partial charge < -0.3 is 9.15 Å². The van der Waals surface area contributed by atoms with Gasteiger partial charge in [-0.05, 0) is 36.9 Å². The van der Waals surface area contributed by atoms with Crippen molar-refractivity contribution in [3.8, 4) is 5.75 Å². The number of alkyl halides is 2. The molecule has 1 heterocycles. The molecule has 138 valence electrons. The van der Waals surface area contributed by atoms with E-state index >= 15 is 0 Å². The number of halogens is 2. The Morgan fingerprint density at radius 3 is 2.24 bits per heavy atom. The second kappa shape index (κ2) is 7.94. The molecule has 0 aliphatic carbocycles. The number of ether oxygens (including phenoxy) is 1. The van der Waals surface area contributed by atoms with Crippen molar-refractivity contribution in [2.75, 3.05) is 21.1 Å². The molecule has 0 aliphatic rings. The molecular weight excluding hydrogens is 354 g/mol. The highest BCUT2D eigenvalue weighted by molar-refractivity contribution is 7.88. The Kier molecular flexibility index (Phi) is 6.15. The van der Waals surface area contributed by atoms with E-state index < -0.39 is 16.6 Å². The van der Waals surface area contributed by atoms with Gasteiger partial charge in [-0.15, -0.1) is 0 Å². The predicted molar refractivity (Wildman–Crippen MR) is 87.8 cm³/mol. The molecule has 9 heteroatoms. The molecule has 0 atom stereocenters. The standard InChI is InChI=1S/C16H20F2N2O4S/c1-19(2)25(21,22)15-9-8-14(23-15)11-20(3)10-12-4-6-13(7-5-12)24-16(17)18/h4-9,16H,10-11H2,1-3H3. The van der Waals surface area contributed by atoms with Crippen LogP contribution < -0.4 is 4.74 Å². The third kappa shape index (κ3) is 5.25. The quantitative estimate of drug-likeness (QED) is 0.711. The lowest BCUT2D eigenvalue weighted by atomic mass is 10.2. The summed E-state index contributed by atoms with van der Waals surface area (Å²) >= 11 is 0. The SMILES string of the molecule is CN(Cc1ccc(OC(F)F)cc1)Cc1ccc(S(=O)(=O)N(C)C)o1. The number of furan rings is 1. The van der Waals surface area contributed by atoms with Gasteiger partial charge in [-0.2, -0.15) is 8.78 Å². The van der Waals surface area contributed by atoms with Crippen LogP contribution in [0.15, 0.2) is 45.9 Å². The summed E-state index contributed by atoms with van der Waals surface area (Å²) in [6.07, 6.45) is 0. The van der Waals surface area contributed by atoms with Crippen molar-refractivity contribution in [1.82, 2.24) is 9.21 Å². The molecule has 1 aromatic carbocycles. The lowest BCUT2D eigenvalue weighted by Crippen LogP contribution is -2.21. The van der Waals surface area contributed by atoms with E-state index in [1.165, 1.54) is 32.3 Å². The molecule has 0 aliphatic heterocycles. The largest absolute Gasteiger partial charge is 0.447 e. The Bertz CT molecular complexity index is 789. The molecule has 0 radical (unpaired) electrons. The normalized spacial score (nSPS) is 12.3. The fourth-order valence-electron chi connectivity index (χ4n) is 2.17. The molecule has 0 unspecified atom stereocenters. The van der Waals surface area contributed by atoms with Crippen molar-refractivity contribution in [3.63, 3.8) is 0 Å². The van der Waals surface area contributed by atoms with Crippen LogP contribution in [0.3, 0.4) is 0 Å². The lowest BCUT2D eigenvalue weighted by molar-refractivity contribution is -0.0498. The highest BCUT2D eigenvalue weighted by Gasteiger charge is 2.21. The molecule has 2 rings (SSSR count). The zero-order valence-corrected chi connectivity index (χ0v) is 15.0. The Balaban J connectivity index is 1.96. The van der Waals surface area contributed by atoms with Crippen LogP contribution in [0.4, 0.5) is 8.78 Å². The first-order valence-electron chi connectivity index (χ1n) is 7.42. The molecule has 0 fully saturated rings. The van der Waals surface area contributed by atoms with Crippen LogP contribution in [0.25, 0.3) is 0 Å². The van der Waals surface area contributed by atoms with Crippen molar-refractivity contribution >= 4 is 10.0 Å². The zero-order chi connectivity index (χ0) is 18.6. The van der Waals surface area contributed by atoms with Crippen molar-refractivity contribution in [1.29, 1.82) is 0 Å². The summed E-state index contributed by atoms with van der Waals surface area (Å²) in [5.74, 6) is 0.617. The molecule has 0 amide bonds. The average molecular weight is 374 g/mol. The summed E-state index contributed by atoms with van der Waals surface area (Å²) < 4.78 is 59.0. The molecule has 0 bridgehead atoms. The van der Waals surface area contributed by atoms with Gasteiger partial charge in [-0.1, -0.05) is 12.1 Å². The van der Waals surface area contributed by atoms with Gasteiger partial charge in [0.25, 0.3) is 10.0 Å². The molecule has 0 saturated carbocycles. The fourth-order valence-corrected chi connectivity index (χ4v) is 2.98. The number of nitrogens with zero attached hydrogens (tertiary/aromatic N) is 2. The van der Waals surface area contributed by atoms with Crippen LogP contribution in [0.5, 0.6) is 5.75 Å². The van der Waals surface area contributed by atoms with Crippen LogP contribution in [-0.4, -0.2) is 45.4 Å². The van der Waals surface area contributed by atoms with E-state index in [9.17, 15) is 17.2 Å². The van der Waals surface area contributed by atoms with Crippen LogP contribution in [0.2, 0.25) is 0 Å². The van der Waals surface area contributed by atoms with Gasteiger partial charge in [-0.3, -0.25) is 4.90 Å². The first-order chi connectivity index (χ1) is 11.7. The van der Waals surface area contributed by atoms with Gasteiger partial charge in [0.15, 0.2) is 0 Å². The Labute approximate surface area is 145 Å². The van der Waals surface area contributed by atoms with Gasteiger partial charge >= 0.3 is 6.61 Å². The van der Waals surface area contributed by atoms with Gasteiger partial charge in [0.1, 0.15) is 11.5 Å². The topological polar surface area (TPSA) is 63.0 Å². The molecule has 2 aromatic rings. The molecule has 6 nitrogen and oxygen atoms in total. The van der Waals surface area contributed by atoms with Crippen LogP contribution in [-0.2, 0) is 23.1 Å². The molecule has 25 heavy (non-hydrogen) atoms. The number of rotatable bonds is 8. The van der Waals surface area contributed by atoms with Crippen molar-refractivity contribution in [2.45, 2.75) is 24.8 Å². The molecule has 0 N–H and O–H groups in total. The Hall–Kier alpha value is -1.97. The summed E-state index contributed by atoms with van der Waals surface area (Å²) in [7, 11) is 1.12.